The van der Waals surface area contributed by atoms with Crippen LogP contribution in [0.5, 0.6) is 17.2 Å². The third-order valence-corrected chi connectivity index (χ3v) is 4.65. The number of aliphatic imine (C=N–C) groups is 1. The first-order valence-corrected chi connectivity index (χ1v) is 9.45. The Bertz CT molecular complexity index is 1020. The lowest BCUT2D eigenvalue weighted by Crippen LogP contribution is -2.40. The molecule has 0 saturated carbocycles. The van der Waals surface area contributed by atoms with E-state index in [-0.39, 0.29) is 12.6 Å². The van der Waals surface area contributed by atoms with E-state index in [0.717, 1.165) is 34.4 Å². The van der Waals surface area contributed by atoms with Crippen molar-refractivity contribution in [2.45, 2.75) is 6.42 Å². The molecule has 1 aliphatic rings. The van der Waals surface area contributed by atoms with Gasteiger partial charge in [0, 0.05) is 36.8 Å². The summed E-state index contributed by atoms with van der Waals surface area (Å²) in [5.74, 6) is 2.63. The van der Waals surface area contributed by atoms with Gasteiger partial charge in [0.15, 0.2) is 17.5 Å². The lowest BCUT2D eigenvalue weighted by Gasteiger charge is -2.12. The summed E-state index contributed by atoms with van der Waals surface area (Å²) in [5.41, 5.74) is 1.94. The van der Waals surface area contributed by atoms with Crippen molar-refractivity contribution in [2.75, 3.05) is 33.5 Å². The van der Waals surface area contributed by atoms with Gasteiger partial charge in [0.1, 0.15) is 18.2 Å². The normalized spacial score (nSPS) is 13.0. The highest BCUT2D eigenvalue weighted by atomic mass is 19.1. The number of fused-ring (bicyclic) bond motifs is 2. The second kappa shape index (κ2) is 8.72. The Morgan fingerprint density at radius 2 is 2.00 bits per heavy atom. The fourth-order valence-electron chi connectivity index (χ4n) is 3.21. The monoisotopic (exact) mass is 398 g/mol. The smallest absolute Gasteiger partial charge is 0.231 e. The minimum atomic E-state index is -0.239. The van der Waals surface area contributed by atoms with E-state index in [9.17, 15) is 4.39 Å². The zero-order chi connectivity index (χ0) is 20.1. The fraction of sp³-hybridized carbons (Fsp3) is 0.286. The summed E-state index contributed by atoms with van der Waals surface area (Å²) in [7, 11) is 1.72. The minimum Gasteiger partial charge on any atom is -0.492 e. The molecule has 2 aromatic carbocycles. The van der Waals surface area contributed by atoms with Crippen molar-refractivity contribution >= 4 is 16.9 Å². The molecule has 0 radical (unpaired) electrons. The number of hydrogen-bond acceptors (Lipinski definition) is 4. The van der Waals surface area contributed by atoms with E-state index >= 15 is 0 Å². The molecule has 0 spiro atoms. The maximum Gasteiger partial charge on any atom is 0.231 e. The number of nitrogens with one attached hydrogen (secondary N) is 3. The molecule has 0 amide bonds. The third kappa shape index (κ3) is 4.53. The molecule has 0 fully saturated rings. The van der Waals surface area contributed by atoms with E-state index in [0.29, 0.717) is 31.4 Å². The zero-order valence-corrected chi connectivity index (χ0v) is 16.1. The fourth-order valence-corrected chi connectivity index (χ4v) is 3.21. The molecule has 3 N–H and O–H groups in total. The average Bonchev–Trinajstić information content (AvgIpc) is 3.35. The molecule has 3 aromatic rings. The van der Waals surface area contributed by atoms with E-state index < -0.39 is 0 Å². The minimum absolute atomic E-state index is 0.239. The van der Waals surface area contributed by atoms with E-state index in [1.54, 1.807) is 13.1 Å². The van der Waals surface area contributed by atoms with Gasteiger partial charge in [0.2, 0.25) is 6.79 Å². The molecule has 4 rings (SSSR count). The largest absolute Gasteiger partial charge is 0.492 e. The quantitative estimate of drug-likeness (QED) is 0.324. The number of aromatic nitrogens is 1. The van der Waals surface area contributed by atoms with Crippen LogP contribution in [0.4, 0.5) is 4.39 Å². The van der Waals surface area contributed by atoms with E-state index in [1.165, 1.54) is 12.1 Å². The van der Waals surface area contributed by atoms with Gasteiger partial charge in [-0.15, -0.1) is 0 Å². The van der Waals surface area contributed by atoms with Crippen molar-refractivity contribution in [1.82, 2.24) is 15.6 Å². The van der Waals surface area contributed by atoms with Gasteiger partial charge in [-0.25, -0.2) is 4.39 Å². The average molecular weight is 398 g/mol. The molecule has 7 nitrogen and oxygen atoms in total. The first-order valence-electron chi connectivity index (χ1n) is 9.45. The summed E-state index contributed by atoms with van der Waals surface area (Å²) in [6.07, 6.45) is 2.71. The number of rotatable bonds is 7. The summed E-state index contributed by atoms with van der Waals surface area (Å²) in [6.45, 7) is 2.03. The topological polar surface area (TPSA) is 79.9 Å². The highest BCUT2D eigenvalue weighted by Gasteiger charge is 2.13. The summed E-state index contributed by atoms with van der Waals surface area (Å²) in [6, 6.07) is 10.3. The lowest BCUT2D eigenvalue weighted by atomic mass is 10.1. The summed E-state index contributed by atoms with van der Waals surface area (Å²) in [5, 5.41) is 7.53. The molecule has 1 aliphatic heterocycles. The number of H-pyrrole nitrogens is 1. The van der Waals surface area contributed by atoms with Gasteiger partial charge in [0.25, 0.3) is 0 Å². The van der Waals surface area contributed by atoms with Crippen LogP contribution >= 0.6 is 0 Å². The predicted molar refractivity (Wildman–Crippen MR) is 109 cm³/mol. The predicted octanol–water partition coefficient (Wildman–Crippen LogP) is 2.82. The van der Waals surface area contributed by atoms with Crippen LogP contribution < -0.4 is 24.8 Å². The Morgan fingerprint density at radius 1 is 1.14 bits per heavy atom. The number of aromatic amines is 1. The van der Waals surface area contributed by atoms with Gasteiger partial charge in [-0.1, -0.05) is 0 Å². The Morgan fingerprint density at radius 3 is 2.90 bits per heavy atom. The van der Waals surface area contributed by atoms with Gasteiger partial charge in [-0.2, -0.15) is 0 Å². The summed E-state index contributed by atoms with van der Waals surface area (Å²) in [4.78, 5) is 7.32. The van der Waals surface area contributed by atoms with Crippen LogP contribution in [0, 0.1) is 5.82 Å². The molecular formula is C21H23FN4O3. The molecule has 1 aromatic heterocycles. The van der Waals surface area contributed by atoms with Crippen molar-refractivity contribution in [1.29, 1.82) is 0 Å². The Kier molecular flexibility index (Phi) is 5.69. The van der Waals surface area contributed by atoms with Crippen LogP contribution in [0.1, 0.15) is 5.56 Å². The highest BCUT2D eigenvalue weighted by Crippen LogP contribution is 2.34. The number of guanidine groups is 1. The van der Waals surface area contributed by atoms with Crippen molar-refractivity contribution in [3.8, 4) is 17.2 Å². The molecule has 152 valence electrons. The lowest BCUT2D eigenvalue weighted by molar-refractivity contribution is 0.173. The molecule has 29 heavy (non-hydrogen) atoms. The summed E-state index contributed by atoms with van der Waals surface area (Å²) < 4.78 is 29.6. The number of nitrogens with zero attached hydrogens (tertiary/aromatic N) is 1. The van der Waals surface area contributed by atoms with Gasteiger partial charge in [0.05, 0.1) is 6.54 Å². The molecule has 0 bridgehead atoms. The van der Waals surface area contributed by atoms with Crippen LogP contribution in [-0.4, -0.2) is 44.5 Å². The van der Waals surface area contributed by atoms with Crippen LogP contribution in [0.3, 0.4) is 0 Å². The van der Waals surface area contributed by atoms with Crippen LogP contribution in [0.25, 0.3) is 10.9 Å². The van der Waals surface area contributed by atoms with Gasteiger partial charge in [-0.05, 0) is 42.3 Å². The van der Waals surface area contributed by atoms with E-state index in [4.69, 9.17) is 14.2 Å². The van der Waals surface area contributed by atoms with Crippen molar-refractivity contribution in [3.63, 3.8) is 0 Å². The third-order valence-electron chi connectivity index (χ3n) is 4.65. The SMILES string of the molecule is CN=C(NCCOc1ccc2c(c1)OCO2)NCCc1c[nH]c2cc(F)ccc12. The first-order chi connectivity index (χ1) is 14.2. The van der Waals surface area contributed by atoms with E-state index in [2.05, 4.69) is 20.6 Å². The molecule has 0 unspecified atom stereocenters. The van der Waals surface area contributed by atoms with Crippen molar-refractivity contribution in [3.05, 3.63) is 54.0 Å². The zero-order valence-electron chi connectivity index (χ0n) is 16.1. The highest BCUT2D eigenvalue weighted by molar-refractivity contribution is 5.83. The Labute approximate surface area is 167 Å². The first kappa shape index (κ1) is 18.9. The van der Waals surface area contributed by atoms with Crippen LogP contribution in [0.15, 0.2) is 47.6 Å². The van der Waals surface area contributed by atoms with E-state index in [1.807, 2.05) is 24.4 Å². The van der Waals surface area contributed by atoms with Crippen LogP contribution in [0.2, 0.25) is 0 Å². The molecule has 8 heteroatoms. The van der Waals surface area contributed by atoms with Crippen molar-refractivity contribution < 1.29 is 18.6 Å². The summed E-state index contributed by atoms with van der Waals surface area (Å²) >= 11 is 0. The second-order valence-electron chi connectivity index (χ2n) is 6.54. The number of halogens is 1. The molecular weight excluding hydrogens is 375 g/mol. The van der Waals surface area contributed by atoms with Crippen molar-refractivity contribution in [2.24, 2.45) is 4.99 Å². The van der Waals surface area contributed by atoms with Gasteiger partial charge >= 0.3 is 0 Å². The maximum atomic E-state index is 13.3. The standard InChI is InChI=1S/C21H23FN4O3/c1-23-21(24-7-6-14-12-26-18-10-15(22)2-4-17(14)18)25-8-9-27-16-3-5-19-20(11-16)29-13-28-19/h2-5,10-12,26H,6-9,13H2,1H3,(H2,23,24,25). The molecule has 0 saturated heterocycles. The Hall–Kier alpha value is -3.42. The molecule has 2 heterocycles. The Balaban J connectivity index is 1.19. The maximum absolute atomic E-state index is 13.3. The van der Waals surface area contributed by atoms with Crippen LogP contribution in [-0.2, 0) is 6.42 Å². The number of ether oxygens (including phenoxy) is 3. The molecule has 0 atom stereocenters. The molecule has 0 aliphatic carbocycles. The van der Waals surface area contributed by atoms with Gasteiger partial charge < -0.3 is 29.8 Å². The van der Waals surface area contributed by atoms with Gasteiger partial charge in [-0.3, -0.25) is 4.99 Å². The number of hydrogen-bond donors (Lipinski definition) is 3. The second-order valence-corrected chi connectivity index (χ2v) is 6.54. The number of benzene rings is 2.